The van der Waals surface area contributed by atoms with Crippen LogP contribution in [-0.4, -0.2) is 40.3 Å². The van der Waals surface area contributed by atoms with Crippen LogP contribution >= 0.6 is 45.2 Å². The summed E-state index contributed by atoms with van der Waals surface area (Å²) >= 11 is 4.75. The molecule has 0 radical (unpaired) electrons. The van der Waals surface area contributed by atoms with Crippen LogP contribution in [0.25, 0.3) is 21.8 Å². The molecule has 1 saturated heterocycles. The molecule has 2 heterocycles. The van der Waals surface area contributed by atoms with E-state index in [9.17, 15) is 5.11 Å². The summed E-state index contributed by atoms with van der Waals surface area (Å²) in [5.41, 5.74) is 2.44. The van der Waals surface area contributed by atoms with Gasteiger partial charge in [0.15, 0.2) is 0 Å². The van der Waals surface area contributed by atoms with Gasteiger partial charge in [-0.25, -0.2) is 0 Å². The fourth-order valence-corrected chi connectivity index (χ4v) is 4.94. The second kappa shape index (κ2) is 7.70. The highest BCUT2D eigenvalue weighted by Gasteiger charge is 2.18. The van der Waals surface area contributed by atoms with Gasteiger partial charge in [0.25, 0.3) is 0 Å². The molecule has 4 rings (SSSR count). The second-order valence-corrected chi connectivity index (χ2v) is 9.44. The summed E-state index contributed by atoms with van der Waals surface area (Å²) in [4.78, 5) is 2.41. The lowest BCUT2D eigenvalue weighted by Crippen LogP contribution is -2.38. The molecule has 0 spiro atoms. The molecule has 132 valence electrons. The highest BCUT2D eigenvalue weighted by Crippen LogP contribution is 2.31. The minimum Gasteiger partial charge on any atom is -0.390 e. The average molecular weight is 560 g/mol. The highest BCUT2D eigenvalue weighted by molar-refractivity contribution is 14.1. The summed E-state index contributed by atoms with van der Waals surface area (Å²) in [6.45, 7) is 3.68. The number of aliphatic hydroxyl groups excluding tert-OH is 1. The van der Waals surface area contributed by atoms with Crippen molar-refractivity contribution in [3.05, 3.63) is 43.5 Å². The number of aliphatic hydroxyl groups is 1. The van der Waals surface area contributed by atoms with E-state index < -0.39 is 0 Å². The molecule has 1 aliphatic heterocycles. The first kappa shape index (κ1) is 18.0. The van der Waals surface area contributed by atoms with Crippen LogP contribution in [0.15, 0.2) is 36.4 Å². The first-order chi connectivity index (χ1) is 12.1. The normalized spacial score (nSPS) is 17.4. The number of fused-ring (bicyclic) bond motifs is 3. The van der Waals surface area contributed by atoms with E-state index in [0.29, 0.717) is 6.54 Å². The summed E-state index contributed by atoms with van der Waals surface area (Å²) in [7, 11) is 0. The summed E-state index contributed by atoms with van der Waals surface area (Å²) in [6, 6.07) is 13.2. The van der Waals surface area contributed by atoms with Crippen molar-refractivity contribution < 1.29 is 5.11 Å². The fourth-order valence-electron chi connectivity index (χ4n) is 3.95. The molecule has 0 unspecified atom stereocenters. The summed E-state index contributed by atoms with van der Waals surface area (Å²) in [6.07, 6.45) is 3.52. The number of likely N-dealkylation sites (tertiary alicyclic amines) is 1. The van der Waals surface area contributed by atoms with E-state index in [0.717, 1.165) is 19.6 Å². The molecule has 1 atom stereocenters. The highest BCUT2D eigenvalue weighted by atomic mass is 127. The zero-order valence-corrected chi connectivity index (χ0v) is 18.4. The van der Waals surface area contributed by atoms with Gasteiger partial charge in [0, 0.05) is 35.5 Å². The van der Waals surface area contributed by atoms with Gasteiger partial charge in [0.1, 0.15) is 0 Å². The van der Waals surface area contributed by atoms with Crippen molar-refractivity contribution in [1.29, 1.82) is 0 Å². The lowest BCUT2D eigenvalue weighted by Gasteiger charge is -2.28. The molecule has 5 heteroatoms. The molecule has 0 amide bonds. The second-order valence-electron chi connectivity index (χ2n) is 6.95. The average Bonchev–Trinajstić information content (AvgIpc) is 2.88. The molecule has 1 aliphatic rings. The zero-order chi connectivity index (χ0) is 17.4. The number of aromatic nitrogens is 1. The summed E-state index contributed by atoms with van der Waals surface area (Å²) < 4.78 is 4.79. The zero-order valence-electron chi connectivity index (χ0n) is 14.1. The smallest absolute Gasteiger partial charge is 0.0845 e. The monoisotopic (exact) mass is 560 g/mol. The topological polar surface area (TPSA) is 28.4 Å². The molecular formula is C20H22I2N2O. The Morgan fingerprint density at radius 3 is 1.96 bits per heavy atom. The molecule has 2 aromatic carbocycles. The van der Waals surface area contributed by atoms with Gasteiger partial charge in [-0.1, -0.05) is 6.42 Å². The van der Waals surface area contributed by atoms with Gasteiger partial charge in [0.05, 0.1) is 12.6 Å². The molecule has 1 fully saturated rings. The maximum absolute atomic E-state index is 10.7. The molecule has 1 aromatic heterocycles. The predicted octanol–water partition coefficient (Wildman–Crippen LogP) is 4.85. The first-order valence-electron chi connectivity index (χ1n) is 8.89. The Hall–Kier alpha value is -0.380. The Bertz CT molecular complexity index is 840. The maximum Gasteiger partial charge on any atom is 0.0845 e. The van der Waals surface area contributed by atoms with Gasteiger partial charge in [-0.2, -0.15) is 0 Å². The Morgan fingerprint density at radius 1 is 0.840 bits per heavy atom. The number of rotatable bonds is 4. The van der Waals surface area contributed by atoms with E-state index in [2.05, 4.69) is 91.0 Å². The molecule has 0 aliphatic carbocycles. The van der Waals surface area contributed by atoms with E-state index in [1.807, 2.05) is 0 Å². The van der Waals surface area contributed by atoms with E-state index >= 15 is 0 Å². The summed E-state index contributed by atoms with van der Waals surface area (Å²) in [5.74, 6) is 0. The predicted molar refractivity (Wildman–Crippen MR) is 121 cm³/mol. The molecule has 0 bridgehead atoms. The van der Waals surface area contributed by atoms with Gasteiger partial charge in [0.2, 0.25) is 0 Å². The van der Waals surface area contributed by atoms with E-state index in [4.69, 9.17) is 0 Å². The molecule has 3 aromatic rings. The number of halogens is 2. The van der Waals surface area contributed by atoms with Gasteiger partial charge >= 0.3 is 0 Å². The number of β-amino-alcohol motifs (C(OH)–C–C–N with tert-alkyl or cyclic N) is 1. The van der Waals surface area contributed by atoms with Crippen LogP contribution < -0.4 is 0 Å². The van der Waals surface area contributed by atoms with Crippen molar-refractivity contribution in [3.63, 3.8) is 0 Å². The van der Waals surface area contributed by atoms with E-state index in [1.54, 1.807) is 0 Å². The van der Waals surface area contributed by atoms with Crippen molar-refractivity contribution in [2.24, 2.45) is 0 Å². The molecule has 3 nitrogen and oxygen atoms in total. The van der Waals surface area contributed by atoms with Crippen LogP contribution in [0.4, 0.5) is 0 Å². The van der Waals surface area contributed by atoms with Crippen molar-refractivity contribution in [2.75, 3.05) is 19.6 Å². The van der Waals surface area contributed by atoms with Crippen LogP contribution in [0.2, 0.25) is 0 Å². The minimum absolute atomic E-state index is 0.338. The van der Waals surface area contributed by atoms with Crippen molar-refractivity contribution in [2.45, 2.75) is 31.9 Å². The molecule has 0 saturated carbocycles. The molecular weight excluding hydrogens is 538 g/mol. The third-order valence-electron chi connectivity index (χ3n) is 5.10. The number of hydrogen-bond donors (Lipinski definition) is 1. The van der Waals surface area contributed by atoms with Gasteiger partial charge in [-0.05, 0) is 108 Å². The standard InChI is InChI=1S/C20H22I2N2O/c21-14-4-6-19-17(10-14)18-11-15(22)5-7-20(18)24(19)13-16(25)12-23-8-2-1-3-9-23/h4-7,10-11,16,25H,1-3,8-9,12-13H2/t16-/m1/s1. The largest absolute Gasteiger partial charge is 0.390 e. The van der Waals surface area contributed by atoms with E-state index in [1.165, 1.54) is 48.2 Å². The molecule has 1 N–H and O–H groups in total. The maximum atomic E-state index is 10.7. The van der Waals surface area contributed by atoms with E-state index in [-0.39, 0.29) is 6.10 Å². The Morgan fingerprint density at radius 2 is 1.40 bits per heavy atom. The Labute approximate surface area is 175 Å². The van der Waals surface area contributed by atoms with Crippen LogP contribution in [0, 0.1) is 7.14 Å². The van der Waals surface area contributed by atoms with Crippen LogP contribution in [0.1, 0.15) is 19.3 Å². The quantitative estimate of drug-likeness (QED) is 0.463. The third kappa shape index (κ3) is 3.84. The minimum atomic E-state index is -0.338. The number of nitrogens with zero attached hydrogens (tertiary/aromatic N) is 2. The van der Waals surface area contributed by atoms with Gasteiger partial charge in [-0.15, -0.1) is 0 Å². The summed E-state index contributed by atoms with van der Waals surface area (Å²) in [5, 5.41) is 13.3. The SMILES string of the molecule is O[C@H](CN1CCCCC1)Cn1c2ccc(I)cc2c2cc(I)ccc21. The van der Waals surface area contributed by atoms with Gasteiger partial charge in [-0.3, -0.25) is 0 Å². The van der Waals surface area contributed by atoms with Crippen molar-refractivity contribution >= 4 is 67.0 Å². The first-order valence-corrected chi connectivity index (χ1v) is 11.0. The number of piperidine rings is 1. The number of hydrogen-bond acceptors (Lipinski definition) is 2. The van der Waals surface area contributed by atoms with Crippen LogP contribution in [0.3, 0.4) is 0 Å². The Kier molecular flexibility index (Phi) is 5.54. The van der Waals surface area contributed by atoms with Gasteiger partial charge < -0.3 is 14.6 Å². The van der Waals surface area contributed by atoms with Crippen molar-refractivity contribution in [3.8, 4) is 0 Å². The number of benzene rings is 2. The molecule has 25 heavy (non-hydrogen) atoms. The van der Waals surface area contributed by atoms with Crippen LogP contribution in [-0.2, 0) is 6.54 Å². The lowest BCUT2D eigenvalue weighted by atomic mass is 10.1. The van der Waals surface area contributed by atoms with Crippen molar-refractivity contribution in [1.82, 2.24) is 9.47 Å². The van der Waals surface area contributed by atoms with Crippen LogP contribution in [0.5, 0.6) is 0 Å². The lowest BCUT2D eigenvalue weighted by molar-refractivity contribution is 0.0900. The third-order valence-corrected chi connectivity index (χ3v) is 6.44. The Balaban J connectivity index is 1.69. The fraction of sp³-hybridized carbons (Fsp3) is 0.400.